The topological polar surface area (TPSA) is 66.4 Å². The number of aliphatic carboxylic acids is 1. The van der Waals surface area contributed by atoms with Crippen LogP contribution in [0.15, 0.2) is 37.0 Å². The lowest BCUT2D eigenvalue weighted by molar-refractivity contribution is -0.137. The number of rotatable bonds is 4. The van der Waals surface area contributed by atoms with Crippen LogP contribution in [0, 0.1) is 11.8 Å². The van der Waals surface area contributed by atoms with Crippen molar-refractivity contribution >= 4 is 11.9 Å². The maximum atomic E-state index is 10.9. The molecule has 0 aromatic rings. The molecule has 1 amide bonds. The molecule has 0 rings (SSSR count). The van der Waals surface area contributed by atoms with Crippen molar-refractivity contribution in [2.24, 2.45) is 0 Å². The summed E-state index contributed by atoms with van der Waals surface area (Å²) in [6.07, 6.45) is 4.57. The van der Waals surface area contributed by atoms with Gasteiger partial charge in [-0.2, -0.15) is 0 Å². The van der Waals surface area contributed by atoms with E-state index in [0.717, 1.165) is 0 Å². The molecule has 0 aliphatic heterocycles. The molecular weight excluding hydrogens is 194 g/mol. The molecule has 78 valence electrons. The smallest absolute Gasteiger partial charge is 0.323 e. The van der Waals surface area contributed by atoms with E-state index < -0.39 is 18.4 Å². The molecule has 0 radical (unpaired) electrons. The fraction of sp³-hybridized carbons (Fsp3) is 0.0909. The van der Waals surface area contributed by atoms with Gasteiger partial charge in [-0.1, -0.05) is 31.2 Å². The minimum Gasteiger partial charge on any atom is -0.480 e. The average molecular weight is 205 g/mol. The van der Waals surface area contributed by atoms with Crippen LogP contribution < -0.4 is 5.32 Å². The monoisotopic (exact) mass is 205 g/mol. The van der Waals surface area contributed by atoms with Crippen LogP contribution in [0.1, 0.15) is 0 Å². The van der Waals surface area contributed by atoms with Gasteiger partial charge in [-0.3, -0.25) is 9.59 Å². The lowest BCUT2D eigenvalue weighted by Crippen LogP contribution is -2.27. The molecule has 0 spiro atoms. The van der Waals surface area contributed by atoms with Gasteiger partial charge in [0.2, 0.25) is 0 Å². The summed E-state index contributed by atoms with van der Waals surface area (Å²) < 4.78 is 0. The molecule has 0 heterocycles. The maximum absolute atomic E-state index is 10.9. The van der Waals surface area contributed by atoms with Crippen molar-refractivity contribution < 1.29 is 14.7 Å². The second kappa shape index (κ2) is 7.15. The lowest BCUT2D eigenvalue weighted by atomic mass is 10.2. The molecular formula is C11H11NO3. The van der Waals surface area contributed by atoms with Crippen molar-refractivity contribution in [1.82, 2.24) is 5.32 Å². The highest BCUT2D eigenvalue weighted by Gasteiger charge is 1.98. The van der Waals surface area contributed by atoms with E-state index in [2.05, 4.69) is 30.3 Å². The summed E-state index contributed by atoms with van der Waals surface area (Å²) in [6, 6.07) is 0. The van der Waals surface area contributed by atoms with E-state index >= 15 is 0 Å². The highest BCUT2D eigenvalue weighted by molar-refractivity contribution is 5.95. The van der Waals surface area contributed by atoms with Gasteiger partial charge in [0.1, 0.15) is 6.54 Å². The molecule has 0 bridgehead atoms. The summed E-state index contributed by atoms with van der Waals surface area (Å²) in [7, 11) is 0. The van der Waals surface area contributed by atoms with Crippen LogP contribution in [0.5, 0.6) is 0 Å². The second-order valence-electron chi connectivity index (χ2n) is 2.39. The SMILES string of the molecule is C=C/C=C(/C#CC(=O)NCC(=O)O)C=C. The summed E-state index contributed by atoms with van der Waals surface area (Å²) >= 11 is 0. The number of carboxylic acids is 1. The van der Waals surface area contributed by atoms with Crippen LogP contribution >= 0.6 is 0 Å². The predicted octanol–water partition coefficient (Wildman–Crippen LogP) is 0.489. The molecule has 0 saturated heterocycles. The van der Waals surface area contributed by atoms with Crippen molar-refractivity contribution in [3.63, 3.8) is 0 Å². The van der Waals surface area contributed by atoms with Crippen LogP contribution in [0.4, 0.5) is 0 Å². The van der Waals surface area contributed by atoms with E-state index in [4.69, 9.17) is 5.11 Å². The zero-order chi connectivity index (χ0) is 11.7. The van der Waals surface area contributed by atoms with Gasteiger partial charge in [-0.25, -0.2) is 0 Å². The van der Waals surface area contributed by atoms with Gasteiger partial charge < -0.3 is 10.4 Å². The number of hydrogen-bond acceptors (Lipinski definition) is 2. The van der Waals surface area contributed by atoms with Gasteiger partial charge in [0.25, 0.3) is 5.91 Å². The first-order valence-electron chi connectivity index (χ1n) is 4.07. The number of amides is 1. The van der Waals surface area contributed by atoms with E-state index in [1.165, 1.54) is 12.2 Å². The highest BCUT2D eigenvalue weighted by atomic mass is 16.4. The summed E-state index contributed by atoms with van der Waals surface area (Å²) in [6.45, 7) is 6.51. The van der Waals surface area contributed by atoms with Crippen LogP contribution in [-0.2, 0) is 9.59 Å². The van der Waals surface area contributed by atoms with E-state index in [1.54, 1.807) is 6.08 Å². The Bertz CT molecular complexity index is 369. The molecule has 0 aliphatic carbocycles. The first-order valence-corrected chi connectivity index (χ1v) is 4.07. The fourth-order valence-corrected chi connectivity index (χ4v) is 0.617. The summed E-state index contributed by atoms with van der Waals surface area (Å²) in [5, 5.41) is 10.4. The van der Waals surface area contributed by atoms with E-state index in [9.17, 15) is 9.59 Å². The largest absolute Gasteiger partial charge is 0.480 e. The molecule has 0 saturated carbocycles. The normalized spacial score (nSPS) is 9.47. The first kappa shape index (κ1) is 12.7. The summed E-state index contributed by atoms with van der Waals surface area (Å²) in [5.74, 6) is 2.97. The number of carbonyl (C=O) groups excluding carboxylic acids is 1. The summed E-state index contributed by atoms with van der Waals surface area (Å²) in [4.78, 5) is 21.0. The molecule has 15 heavy (non-hydrogen) atoms. The third-order valence-electron chi connectivity index (χ3n) is 1.24. The second-order valence-corrected chi connectivity index (χ2v) is 2.39. The van der Waals surface area contributed by atoms with Crippen LogP contribution in [-0.4, -0.2) is 23.5 Å². The van der Waals surface area contributed by atoms with Crippen molar-refractivity contribution in [2.75, 3.05) is 6.54 Å². The molecule has 4 nitrogen and oxygen atoms in total. The quantitative estimate of drug-likeness (QED) is 0.518. The number of nitrogens with one attached hydrogen (secondary N) is 1. The van der Waals surface area contributed by atoms with Crippen LogP contribution in [0.3, 0.4) is 0 Å². The highest BCUT2D eigenvalue weighted by Crippen LogP contribution is 1.92. The third-order valence-corrected chi connectivity index (χ3v) is 1.24. The Kier molecular flexibility index (Phi) is 6.07. The zero-order valence-corrected chi connectivity index (χ0v) is 8.12. The number of carboxylic acid groups (broad SMARTS) is 1. The van der Waals surface area contributed by atoms with E-state index in [0.29, 0.717) is 5.57 Å². The van der Waals surface area contributed by atoms with Crippen molar-refractivity contribution in [3.8, 4) is 11.8 Å². The number of carbonyl (C=O) groups is 2. The minimum absolute atomic E-state index is 0.442. The Morgan fingerprint density at radius 1 is 1.33 bits per heavy atom. The third kappa shape index (κ3) is 6.84. The fourth-order valence-electron chi connectivity index (χ4n) is 0.617. The molecule has 0 atom stereocenters. The zero-order valence-electron chi connectivity index (χ0n) is 8.12. The molecule has 0 aromatic heterocycles. The van der Waals surface area contributed by atoms with Gasteiger partial charge in [0.05, 0.1) is 0 Å². The van der Waals surface area contributed by atoms with Crippen LogP contribution in [0.25, 0.3) is 0 Å². The predicted molar refractivity (Wildman–Crippen MR) is 56.9 cm³/mol. The van der Waals surface area contributed by atoms with Crippen molar-refractivity contribution in [2.45, 2.75) is 0 Å². The van der Waals surface area contributed by atoms with Gasteiger partial charge in [0, 0.05) is 11.5 Å². The number of allylic oxidation sites excluding steroid dienone is 4. The number of hydrogen-bond donors (Lipinski definition) is 2. The Hall–Kier alpha value is -2.28. The first-order chi connectivity index (χ1) is 7.10. The van der Waals surface area contributed by atoms with Crippen molar-refractivity contribution in [1.29, 1.82) is 0 Å². The summed E-state index contributed by atoms with van der Waals surface area (Å²) in [5.41, 5.74) is 0.537. The molecule has 4 heteroatoms. The molecule has 0 aromatic carbocycles. The minimum atomic E-state index is -1.12. The molecule has 0 fully saturated rings. The van der Waals surface area contributed by atoms with Crippen molar-refractivity contribution in [3.05, 3.63) is 37.0 Å². The molecule has 0 aliphatic rings. The maximum Gasteiger partial charge on any atom is 0.323 e. The van der Waals surface area contributed by atoms with Gasteiger partial charge in [0.15, 0.2) is 0 Å². The van der Waals surface area contributed by atoms with Gasteiger partial charge in [-0.15, -0.1) is 0 Å². The Morgan fingerprint density at radius 3 is 2.47 bits per heavy atom. The Labute approximate surface area is 88.0 Å². The van der Waals surface area contributed by atoms with Gasteiger partial charge in [-0.05, 0) is 6.08 Å². The molecule has 2 N–H and O–H groups in total. The Balaban J connectivity index is 4.32. The van der Waals surface area contributed by atoms with Gasteiger partial charge >= 0.3 is 5.97 Å². The van der Waals surface area contributed by atoms with E-state index in [1.807, 2.05) is 0 Å². The molecule has 0 unspecified atom stereocenters. The van der Waals surface area contributed by atoms with E-state index in [-0.39, 0.29) is 0 Å². The standard InChI is InChI=1S/C11H11NO3/c1-3-5-9(4-2)6-7-10(13)12-8-11(14)15/h3-5H,1-2,8H2,(H,12,13)(H,14,15)/b9-5+. The lowest BCUT2D eigenvalue weighted by Gasteiger charge is -1.93. The van der Waals surface area contributed by atoms with Crippen LogP contribution in [0.2, 0.25) is 0 Å². The Morgan fingerprint density at radius 2 is 2.00 bits per heavy atom. The average Bonchev–Trinajstić information content (AvgIpc) is 2.21.